The summed E-state index contributed by atoms with van der Waals surface area (Å²) in [4.78, 5) is 33.3. The Morgan fingerprint density at radius 2 is 1.93 bits per heavy atom. The molecule has 0 spiro atoms. The van der Waals surface area contributed by atoms with E-state index in [1.807, 2.05) is 25.1 Å². The van der Waals surface area contributed by atoms with Gasteiger partial charge in [0.25, 0.3) is 5.91 Å². The van der Waals surface area contributed by atoms with Gasteiger partial charge in [0.05, 0.1) is 17.1 Å². The monoisotopic (exact) mass is 429 g/mol. The molecule has 1 aliphatic heterocycles. The molecule has 0 N–H and O–H groups in total. The van der Waals surface area contributed by atoms with Crippen LogP contribution in [0, 0.1) is 5.92 Å². The maximum absolute atomic E-state index is 13.0. The van der Waals surface area contributed by atoms with Gasteiger partial charge in [-0.2, -0.15) is 0 Å². The third-order valence-electron chi connectivity index (χ3n) is 6.03. The van der Waals surface area contributed by atoms with Gasteiger partial charge in [-0.1, -0.05) is 31.5 Å². The van der Waals surface area contributed by atoms with E-state index in [4.69, 9.17) is 21.3 Å². The third-order valence-corrected chi connectivity index (χ3v) is 6.46. The molecule has 2 amide bonds. The van der Waals surface area contributed by atoms with Crippen molar-refractivity contribution in [3.63, 3.8) is 0 Å². The molecule has 1 atom stereocenters. The molecule has 0 saturated carbocycles. The minimum absolute atomic E-state index is 0.0391. The summed E-state index contributed by atoms with van der Waals surface area (Å²) in [6.07, 6.45) is 3.51. The van der Waals surface area contributed by atoms with Crippen molar-refractivity contribution in [1.29, 1.82) is 0 Å². The Kier molecular flexibility index (Phi) is 6.14. The Bertz CT molecular complexity index is 970. The topological polar surface area (TPSA) is 62.7 Å². The first kappa shape index (κ1) is 20.9. The zero-order valence-corrected chi connectivity index (χ0v) is 18.4. The number of rotatable bonds is 3. The molecule has 7 heteroatoms. The normalized spacial score (nSPS) is 19.0. The van der Waals surface area contributed by atoms with E-state index in [0.717, 1.165) is 52.9 Å². The smallest absolute Gasteiger partial charge is 0.409 e. The Hall–Kier alpha value is -2.34. The van der Waals surface area contributed by atoms with Crippen LogP contribution in [-0.2, 0) is 17.6 Å². The van der Waals surface area contributed by atoms with Gasteiger partial charge < -0.3 is 14.5 Å². The van der Waals surface area contributed by atoms with Crippen LogP contribution >= 0.6 is 11.6 Å². The van der Waals surface area contributed by atoms with Crippen molar-refractivity contribution in [2.24, 2.45) is 5.92 Å². The lowest BCUT2D eigenvalue weighted by Gasteiger charge is -2.34. The van der Waals surface area contributed by atoms with E-state index in [1.54, 1.807) is 9.80 Å². The van der Waals surface area contributed by atoms with Crippen LogP contribution in [0.2, 0.25) is 5.02 Å². The van der Waals surface area contributed by atoms with E-state index in [2.05, 4.69) is 6.92 Å². The van der Waals surface area contributed by atoms with Gasteiger partial charge in [-0.15, -0.1) is 0 Å². The van der Waals surface area contributed by atoms with Gasteiger partial charge in [0, 0.05) is 42.8 Å². The molecule has 1 saturated heterocycles. The number of hydrogen-bond donors (Lipinski definition) is 0. The fourth-order valence-corrected chi connectivity index (χ4v) is 4.59. The average Bonchev–Trinajstić information content (AvgIpc) is 2.77. The summed E-state index contributed by atoms with van der Waals surface area (Å²) in [7, 11) is 0. The number of amides is 2. The summed E-state index contributed by atoms with van der Waals surface area (Å²) >= 11 is 6.70. The number of hydrogen-bond acceptors (Lipinski definition) is 4. The lowest BCUT2D eigenvalue weighted by molar-refractivity contribution is 0.0560. The van der Waals surface area contributed by atoms with Crippen molar-refractivity contribution >= 4 is 34.5 Å². The third kappa shape index (κ3) is 4.10. The molecule has 6 nitrogen and oxygen atoms in total. The molecule has 4 rings (SSSR count). The zero-order valence-electron chi connectivity index (χ0n) is 17.6. The van der Waals surface area contributed by atoms with E-state index in [-0.39, 0.29) is 12.0 Å². The number of halogens is 1. The number of carbonyl (C=O) groups excluding carboxylic acids is 2. The number of fused-ring (bicyclic) bond motifs is 2. The van der Waals surface area contributed by atoms with Crippen LogP contribution in [0.5, 0.6) is 0 Å². The van der Waals surface area contributed by atoms with Crippen molar-refractivity contribution in [2.45, 2.75) is 39.5 Å². The lowest BCUT2D eigenvalue weighted by atomic mass is 9.87. The van der Waals surface area contributed by atoms with E-state index in [9.17, 15) is 9.59 Å². The van der Waals surface area contributed by atoms with Crippen LogP contribution < -0.4 is 0 Å². The average molecular weight is 430 g/mol. The first-order chi connectivity index (χ1) is 14.5. The molecule has 1 aliphatic carbocycles. The van der Waals surface area contributed by atoms with Crippen molar-refractivity contribution in [1.82, 2.24) is 14.8 Å². The van der Waals surface area contributed by atoms with Crippen molar-refractivity contribution in [2.75, 3.05) is 32.8 Å². The quantitative estimate of drug-likeness (QED) is 0.729. The lowest BCUT2D eigenvalue weighted by Crippen LogP contribution is -2.50. The summed E-state index contributed by atoms with van der Waals surface area (Å²) in [5.74, 6) is 0.579. The van der Waals surface area contributed by atoms with Crippen molar-refractivity contribution < 1.29 is 14.3 Å². The zero-order chi connectivity index (χ0) is 21.3. The van der Waals surface area contributed by atoms with Crippen molar-refractivity contribution in [3.8, 4) is 0 Å². The first-order valence-corrected chi connectivity index (χ1v) is 11.2. The molecule has 2 aliphatic rings. The SMILES string of the molecule is CCCOC(=O)N1CCN(C(=O)c2ccc3c(Cl)c4c(nc3c2)CCC(C)C4)CC1. The largest absolute Gasteiger partial charge is 0.449 e. The highest BCUT2D eigenvalue weighted by Crippen LogP contribution is 2.35. The second-order valence-electron chi connectivity index (χ2n) is 8.32. The van der Waals surface area contributed by atoms with Gasteiger partial charge in [-0.05, 0) is 49.3 Å². The van der Waals surface area contributed by atoms with Crippen LogP contribution in [0.4, 0.5) is 4.79 Å². The molecular weight excluding hydrogens is 402 g/mol. The Morgan fingerprint density at radius 3 is 2.67 bits per heavy atom. The van der Waals surface area contributed by atoms with E-state index < -0.39 is 0 Å². The number of ether oxygens (including phenoxy) is 1. The molecule has 2 heterocycles. The minimum Gasteiger partial charge on any atom is -0.449 e. The molecule has 0 radical (unpaired) electrons. The van der Waals surface area contributed by atoms with Crippen LogP contribution in [0.1, 0.15) is 48.3 Å². The Labute approximate surface area is 182 Å². The number of carbonyl (C=O) groups is 2. The fraction of sp³-hybridized carbons (Fsp3) is 0.522. The number of nitrogens with zero attached hydrogens (tertiary/aromatic N) is 3. The highest BCUT2D eigenvalue weighted by molar-refractivity contribution is 6.36. The summed E-state index contributed by atoms with van der Waals surface area (Å²) < 4.78 is 5.19. The second-order valence-corrected chi connectivity index (χ2v) is 8.70. The molecule has 30 heavy (non-hydrogen) atoms. The van der Waals surface area contributed by atoms with Gasteiger partial charge in [0.1, 0.15) is 0 Å². The van der Waals surface area contributed by atoms with Gasteiger partial charge in [-0.25, -0.2) is 4.79 Å². The number of benzene rings is 1. The predicted molar refractivity (Wildman–Crippen MR) is 117 cm³/mol. The molecule has 1 aromatic heterocycles. The van der Waals surface area contributed by atoms with Crippen molar-refractivity contribution in [3.05, 3.63) is 40.0 Å². The number of aryl methyl sites for hydroxylation is 1. The number of piperazine rings is 1. The predicted octanol–water partition coefficient (Wildman–Crippen LogP) is 4.32. The fourth-order valence-electron chi connectivity index (χ4n) is 4.25. The van der Waals surface area contributed by atoms with Crippen LogP contribution in [0.25, 0.3) is 10.9 Å². The van der Waals surface area contributed by atoms with E-state index in [0.29, 0.717) is 44.3 Å². The van der Waals surface area contributed by atoms with Gasteiger partial charge in [0.15, 0.2) is 0 Å². The Balaban J connectivity index is 1.49. The summed E-state index contributed by atoms with van der Waals surface area (Å²) in [6.45, 7) is 6.59. The van der Waals surface area contributed by atoms with Crippen LogP contribution in [0.15, 0.2) is 18.2 Å². The molecule has 2 aromatic rings. The highest BCUT2D eigenvalue weighted by Gasteiger charge is 2.26. The summed E-state index contributed by atoms with van der Waals surface area (Å²) in [5.41, 5.74) is 3.61. The first-order valence-electron chi connectivity index (χ1n) is 10.8. The number of aromatic nitrogens is 1. The summed E-state index contributed by atoms with van der Waals surface area (Å²) in [5, 5.41) is 1.68. The summed E-state index contributed by atoms with van der Waals surface area (Å²) in [6, 6.07) is 5.60. The second kappa shape index (κ2) is 8.80. The van der Waals surface area contributed by atoms with Gasteiger partial charge >= 0.3 is 6.09 Å². The van der Waals surface area contributed by atoms with Crippen LogP contribution in [-0.4, -0.2) is 59.6 Å². The molecular formula is C23H28ClN3O3. The molecule has 1 unspecified atom stereocenters. The van der Waals surface area contributed by atoms with E-state index in [1.165, 1.54) is 0 Å². The minimum atomic E-state index is -0.299. The van der Waals surface area contributed by atoms with E-state index >= 15 is 0 Å². The van der Waals surface area contributed by atoms with Gasteiger partial charge in [-0.3, -0.25) is 9.78 Å². The Morgan fingerprint density at radius 1 is 1.20 bits per heavy atom. The van der Waals surface area contributed by atoms with Crippen LogP contribution in [0.3, 0.4) is 0 Å². The maximum Gasteiger partial charge on any atom is 0.409 e. The maximum atomic E-state index is 13.0. The van der Waals surface area contributed by atoms with Gasteiger partial charge in [0.2, 0.25) is 0 Å². The number of pyridine rings is 1. The molecule has 0 bridgehead atoms. The highest BCUT2D eigenvalue weighted by atomic mass is 35.5. The standard InChI is InChI=1S/C23H28ClN3O3/c1-3-12-30-23(29)27-10-8-26(9-11-27)22(28)16-5-6-17-20(14-16)25-19-7-4-15(2)13-18(19)21(17)24/h5-6,14-15H,3-4,7-13H2,1-2H3. The molecule has 160 valence electrons. The molecule has 1 aromatic carbocycles. The molecule has 1 fully saturated rings.